The molecule has 0 aliphatic rings. The van der Waals surface area contributed by atoms with Gasteiger partial charge >= 0.3 is 0 Å². The second-order valence-corrected chi connectivity index (χ2v) is 12.5. The summed E-state index contributed by atoms with van der Waals surface area (Å²) in [6.45, 7) is 0. The highest BCUT2D eigenvalue weighted by molar-refractivity contribution is 6.14. The van der Waals surface area contributed by atoms with Gasteiger partial charge in [0, 0.05) is 38.2 Å². The van der Waals surface area contributed by atoms with Crippen LogP contribution in [0.1, 0.15) is 0 Å². The van der Waals surface area contributed by atoms with Crippen molar-refractivity contribution in [3.8, 4) is 56.2 Å². The summed E-state index contributed by atoms with van der Waals surface area (Å²) in [5, 5.41) is 4.37. The Labute approximate surface area is 287 Å². The third-order valence-corrected chi connectivity index (χ3v) is 9.48. The van der Waals surface area contributed by atoms with Gasteiger partial charge in [-0.05, 0) is 70.8 Å². The molecular formula is C46H28N2O2. The van der Waals surface area contributed by atoms with Gasteiger partial charge < -0.3 is 8.83 Å². The molecule has 0 atom stereocenters. The van der Waals surface area contributed by atoms with Crippen molar-refractivity contribution in [2.24, 2.45) is 0 Å². The zero-order chi connectivity index (χ0) is 33.0. The van der Waals surface area contributed by atoms with E-state index in [4.69, 9.17) is 18.8 Å². The van der Waals surface area contributed by atoms with Crippen LogP contribution in [0.5, 0.6) is 0 Å². The molecular weight excluding hydrogens is 613 g/mol. The molecule has 4 nitrogen and oxygen atoms in total. The lowest BCUT2D eigenvalue weighted by atomic mass is 9.91. The third-order valence-electron chi connectivity index (χ3n) is 9.48. The summed E-state index contributed by atoms with van der Waals surface area (Å²) in [6, 6.07) is 58.5. The number of hydrogen-bond acceptors (Lipinski definition) is 4. The minimum atomic E-state index is 0.680. The maximum atomic E-state index is 6.34. The van der Waals surface area contributed by atoms with E-state index in [0.717, 1.165) is 94.2 Å². The molecule has 50 heavy (non-hydrogen) atoms. The molecule has 10 aromatic rings. The molecule has 0 fully saturated rings. The highest BCUT2D eigenvalue weighted by Gasteiger charge is 2.19. The van der Waals surface area contributed by atoms with Crippen molar-refractivity contribution in [1.82, 2.24) is 9.97 Å². The fourth-order valence-corrected chi connectivity index (χ4v) is 7.19. The zero-order valence-corrected chi connectivity index (χ0v) is 26.9. The SMILES string of the molecule is c1ccc(-c2cc(-c3cc(-c4cccc5oc6ccccc6c45)cc(-c4cccc5oc6ccccc6c45)c3)nc(-c3ccccc3)n2)cc1. The van der Waals surface area contributed by atoms with Crippen LogP contribution in [0, 0.1) is 0 Å². The standard InChI is InChI=1S/C46H28N2O2/c1-3-13-29(14-4-1)38-28-39(48-46(47-38)30-15-5-2-6-16-30)33-26-31(34-19-11-23-42-44(34)36-17-7-9-21-40(36)49-42)25-32(27-33)35-20-12-24-43-45(35)37-18-8-10-22-41(37)50-43/h1-28H. The summed E-state index contributed by atoms with van der Waals surface area (Å²) in [4.78, 5) is 10.3. The Bertz CT molecular complexity index is 2680. The van der Waals surface area contributed by atoms with E-state index in [2.05, 4.69) is 97.1 Å². The molecule has 3 aromatic heterocycles. The maximum absolute atomic E-state index is 6.34. The van der Waals surface area contributed by atoms with Gasteiger partial charge in [-0.1, -0.05) is 121 Å². The average molecular weight is 641 g/mol. The summed E-state index contributed by atoms with van der Waals surface area (Å²) in [6.07, 6.45) is 0. The van der Waals surface area contributed by atoms with Gasteiger partial charge in [0.1, 0.15) is 22.3 Å². The van der Waals surface area contributed by atoms with Crippen LogP contribution in [0.2, 0.25) is 0 Å². The summed E-state index contributed by atoms with van der Waals surface area (Å²) >= 11 is 0. The smallest absolute Gasteiger partial charge is 0.160 e. The fourth-order valence-electron chi connectivity index (χ4n) is 7.19. The zero-order valence-electron chi connectivity index (χ0n) is 26.9. The highest BCUT2D eigenvalue weighted by Crippen LogP contribution is 2.43. The highest BCUT2D eigenvalue weighted by atomic mass is 16.3. The topological polar surface area (TPSA) is 52.1 Å². The number of rotatable bonds is 5. The number of hydrogen-bond donors (Lipinski definition) is 0. The van der Waals surface area contributed by atoms with Crippen LogP contribution in [0.15, 0.2) is 179 Å². The molecule has 0 aliphatic heterocycles. The third kappa shape index (κ3) is 4.69. The van der Waals surface area contributed by atoms with E-state index in [1.807, 2.05) is 72.8 Å². The monoisotopic (exact) mass is 640 g/mol. The number of para-hydroxylation sites is 2. The first-order valence-corrected chi connectivity index (χ1v) is 16.7. The van der Waals surface area contributed by atoms with Crippen LogP contribution in [0.3, 0.4) is 0 Å². The quantitative estimate of drug-likeness (QED) is 0.188. The number of aromatic nitrogens is 2. The van der Waals surface area contributed by atoms with Crippen molar-refractivity contribution in [2.45, 2.75) is 0 Å². The predicted molar refractivity (Wildman–Crippen MR) is 204 cm³/mol. The van der Waals surface area contributed by atoms with Crippen LogP contribution in [-0.2, 0) is 0 Å². The largest absolute Gasteiger partial charge is 0.456 e. The van der Waals surface area contributed by atoms with E-state index in [1.54, 1.807) is 0 Å². The first-order chi connectivity index (χ1) is 24.8. The minimum absolute atomic E-state index is 0.680. The average Bonchev–Trinajstić information content (AvgIpc) is 3.77. The molecule has 0 radical (unpaired) electrons. The van der Waals surface area contributed by atoms with Crippen molar-refractivity contribution < 1.29 is 8.83 Å². The van der Waals surface area contributed by atoms with Crippen molar-refractivity contribution in [2.75, 3.05) is 0 Å². The van der Waals surface area contributed by atoms with E-state index in [1.165, 1.54) is 0 Å². The molecule has 0 spiro atoms. The molecule has 0 saturated carbocycles. The van der Waals surface area contributed by atoms with E-state index >= 15 is 0 Å². The van der Waals surface area contributed by atoms with Crippen LogP contribution >= 0.6 is 0 Å². The Morgan fingerprint density at radius 1 is 0.320 bits per heavy atom. The lowest BCUT2D eigenvalue weighted by molar-refractivity contribution is 0.668. The molecule has 0 amide bonds. The molecule has 0 N–H and O–H groups in total. The summed E-state index contributed by atoms with van der Waals surface area (Å²) in [5.41, 5.74) is 12.5. The molecule has 10 rings (SSSR count). The van der Waals surface area contributed by atoms with E-state index < -0.39 is 0 Å². The number of furan rings is 2. The van der Waals surface area contributed by atoms with Gasteiger partial charge in [-0.3, -0.25) is 0 Å². The summed E-state index contributed by atoms with van der Waals surface area (Å²) < 4.78 is 12.7. The molecule has 0 saturated heterocycles. The Hall–Kier alpha value is -6.78. The number of benzene rings is 7. The lowest BCUT2D eigenvalue weighted by Gasteiger charge is -2.14. The molecule has 0 bridgehead atoms. The lowest BCUT2D eigenvalue weighted by Crippen LogP contribution is -1.96. The molecule has 4 heteroatoms. The fraction of sp³-hybridized carbons (Fsp3) is 0. The first kappa shape index (κ1) is 28.3. The van der Waals surface area contributed by atoms with Crippen molar-refractivity contribution in [3.05, 3.63) is 170 Å². The maximum Gasteiger partial charge on any atom is 0.160 e. The second-order valence-electron chi connectivity index (χ2n) is 12.5. The minimum Gasteiger partial charge on any atom is -0.456 e. The first-order valence-electron chi connectivity index (χ1n) is 16.7. The Kier molecular flexibility index (Phi) is 6.46. The Morgan fingerprint density at radius 2 is 0.760 bits per heavy atom. The van der Waals surface area contributed by atoms with Gasteiger partial charge in [0.15, 0.2) is 5.82 Å². The van der Waals surface area contributed by atoms with Gasteiger partial charge in [-0.2, -0.15) is 0 Å². The Balaban J connectivity index is 1.28. The molecule has 3 heterocycles. The molecule has 0 aliphatic carbocycles. The molecule has 0 unspecified atom stereocenters. The van der Waals surface area contributed by atoms with E-state index in [0.29, 0.717) is 5.82 Å². The normalized spacial score (nSPS) is 11.6. The van der Waals surface area contributed by atoms with Crippen molar-refractivity contribution in [1.29, 1.82) is 0 Å². The van der Waals surface area contributed by atoms with Gasteiger partial charge in [-0.15, -0.1) is 0 Å². The number of fused-ring (bicyclic) bond motifs is 6. The van der Waals surface area contributed by atoms with Crippen molar-refractivity contribution in [3.63, 3.8) is 0 Å². The Morgan fingerprint density at radius 3 is 1.32 bits per heavy atom. The number of nitrogens with zero attached hydrogens (tertiary/aromatic N) is 2. The van der Waals surface area contributed by atoms with E-state index in [-0.39, 0.29) is 0 Å². The van der Waals surface area contributed by atoms with E-state index in [9.17, 15) is 0 Å². The second kappa shape index (κ2) is 11.4. The van der Waals surface area contributed by atoms with Crippen LogP contribution in [0.25, 0.3) is 100 Å². The van der Waals surface area contributed by atoms with Gasteiger partial charge in [0.05, 0.1) is 11.4 Å². The molecule has 234 valence electrons. The van der Waals surface area contributed by atoms with Gasteiger partial charge in [0.2, 0.25) is 0 Å². The van der Waals surface area contributed by atoms with Crippen LogP contribution in [0.4, 0.5) is 0 Å². The molecule has 7 aromatic carbocycles. The summed E-state index contributed by atoms with van der Waals surface area (Å²) in [5.74, 6) is 0.680. The van der Waals surface area contributed by atoms with Gasteiger partial charge in [-0.25, -0.2) is 9.97 Å². The van der Waals surface area contributed by atoms with Crippen LogP contribution in [-0.4, -0.2) is 9.97 Å². The van der Waals surface area contributed by atoms with Gasteiger partial charge in [0.25, 0.3) is 0 Å². The van der Waals surface area contributed by atoms with Crippen molar-refractivity contribution >= 4 is 43.9 Å². The van der Waals surface area contributed by atoms with Crippen LogP contribution < -0.4 is 0 Å². The summed E-state index contributed by atoms with van der Waals surface area (Å²) in [7, 11) is 0. The predicted octanol–water partition coefficient (Wildman–Crippen LogP) is 12.6.